The summed E-state index contributed by atoms with van der Waals surface area (Å²) in [5.41, 5.74) is 1.41. The van der Waals surface area contributed by atoms with E-state index >= 15 is 0 Å². The molecule has 0 aliphatic carbocycles. The molecule has 1 aromatic carbocycles. The molecule has 1 nitrogen and oxygen atoms in total. The Labute approximate surface area is 87.6 Å². The summed E-state index contributed by atoms with van der Waals surface area (Å²) in [4.78, 5) is 0. The van der Waals surface area contributed by atoms with Gasteiger partial charge in [0.15, 0.2) is 0 Å². The molecule has 0 spiro atoms. The van der Waals surface area contributed by atoms with Crippen LogP contribution in [0.1, 0.15) is 11.1 Å². The first-order valence-electron chi connectivity index (χ1n) is 3.85. The van der Waals surface area contributed by atoms with Gasteiger partial charge < -0.3 is 5.11 Å². The molecule has 0 aromatic heterocycles. The maximum Gasteiger partial charge on any atom is 0.138 e. The van der Waals surface area contributed by atoms with Gasteiger partial charge in [-0.3, -0.25) is 0 Å². The topological polar surface area (TPSA) is 20.2 Å². The summed E-state index contributed by atoms with van der Waals surface area (Å²) in [5.74, 6) is 0.100. The lowest BCUT2D eigenvalue weighted by Crippen LogP contribution is -1.87. The van der Waals surface area contributed by atoms with Gasteiger partial charge in [0, 0.05) is 10.6 Å². The van der Waals surface area contributed by atoms with Crippen LogP contribution in [-0.2, 0) is 6.42 Å². The van der Waals surface area contributed by atoms with Gasteiger partial charge in [0.2, 0.25) is 0 Å². The molecule has 0 amide bonds. The SMILES string of the molecule is C=CCc1cc(Cl)c(C)c(Cl)c1O. The Bertz CT molecular complexity index is 345. The average molecular weight is 217 g/mol. The Morgan fingerprint density at radius 3 is 2.69 bits per heavy atom. The molecule has 0 radical (unpaired) electrons. The normalized spacial score (nSPS) is 10.1. The molecule has 70 valence electrons. The Kier molecular flexibility index (Phi) is 3.23. The van der Waals surface area contributed by atoms with Crippen molar-refractivity contribution in [2.45, 2.75) is 13.3 Å². The number of halogens is 2. The summed E-state index contributed by atoms with van der Waals surface area (Å²) in [7, 11) is 0. The molecule has 1 aromatic rings. The molecule has 0 fully saturated rings. The predicted octanol–water partition coefficient (Wildman–Crippen LogP) is 3.74. The van der Waals surface area contributed by atoms with E-state index in [0.29, 0.717) is 27.6 Å². The van der Waals surface area contributed by atoms with Crippen molar-refractivity contribution in [1.82, 2.24) is 0 Å². The minimum atomic E-state index is 0.100. The van der Waals surface area contributed by atoms with Crippen molar-refractivity contribution in [1.29, 1.82) is 0 Å². The minimum Gasteiger partial charge on any atom is -0.506 e. The van der Waals surface area contributed by atoms with Crippen LogP contribution in [-0.4, -0.2) is 5.11 Å². The van der Waals surface area contributed by atoms with Crippen molar-refractivity contribution in [3.63, 3.8) is 0 Å². The molecule has 0 unspecified atom stereocenters. The minimum absolute atomic E-state index is 0.100. The lowest BCUT2D eigenvalue weighted by Gasteiger charge is -2.08. The molecule has 0 bridgehead atoms. The van der Waals surface area contributed by atoms with E-state index in [1.165, 1.54) is 0 Å². The van der Waals surface area contributed by atoms with Crippen LogP contribution in [0.5, 0.6) is 5.75 Å². The molecule has 0 saturated heterocycles. The van der Waals surface area contributed by atoms with Gasteiger partial charge in [-0.1, -0.05) is 29.3 Å². The second-order valence-corrected chi connectivity index (χ2v) is 3.58. The Balaban J connectivity index is 3.31. The first kappa shape index (κ1) is 10.4. The molecule has 13 heavy (non-hydrogen) atoms. The molecule has 3 heteroatoms. The lowest BCUT2D eigenvalue weighted by molar-refractivity contribution is 0.469. The van der Waals surface area contributed by atoms with Gasteiger partial charge in [-0.05, 0) is 25.0 Å². The van der Waals surface area contributed by atoms with Crippen molar-refractivity contribution in [2.24, 2.45) is 0 Å². The predicted molar refractivity (Wildman–Crippen MR) is 56.8 cm³/mol. The van der Waals surface area contributed by atoms with Crippen LogP contribution in [0.4, 0.5) is 0 Å². The first-order chi connectivity index (χ1) is 6.07. The fraction of sp³-hybridized carbons (Fsp3) is 0.200. The number of hydrogen-bond acceptors (Lipinski definition) is 1. The maximum absolute atomic E-state index is 9.60. The van der Waals surface area contributed by atoms with E-state index in [1.807, 2.05) is 0 Å². The average Bonchev–Trinajstić information content (AvgIpc) is 2.11. The van der Waals surface area contributed by atoms with Crippen molar-refractivity contribution in [3.8, 4) is 5.75 Å². The van der Waals surface area contributed by atoms with Gasteiger partial charge in [-0.25, -0.2) is 0 Å². The van der Waals surface area contributed by atoms with E-state index in [4.69, 9.17) is 23.2 Å². The third kappa shape index (κ3) is 1.98. The molecule has 0 atom stereocenters. The molecule has 0 saturated carbocycles. The van der Waals surface area contributed by atoms with Crippen LogP contribution in [0, 0.1) is 6.92 Å². The number of phenolic OH excluding ortho intramolecular Hbond substituents is 1. The van der Waals surface area contributed by atoms with Crippen molar-refractivity contribution < 1.29 is 5.11 Å². The van der Waals surface area contributed by atoms with E-state index < -0.39 is 0 Å². The number of aromatic hydroxyl groups is 1. The second kappa shape index (κ2) is 4.03. The van der Waals surface area contributed by atoms with Crippen molar-refractivity contribution in [2.75, 3.05) is 0 Å². The fourth-order valence-electron chi connectivity index (χ4n) is 1.06. The van der Waals surface area contributed by atoms with Crippen LogP contribution in [0.3, 0.4) is 0 Å². The van der Waals surface area contributed by atoms with E-state index in [1.54, 1.807) is 19.1 Å². The van der Waals surface area contributed by atoms with E-state index in [-0.39, 0.29) is 5.75 Å². The van der Waals surface area contributed by atoms with Gasteiger partial charge in [-0.15, -0.1) is 6.58 Å². The fourth-order valence-corrected chi connectivity index (χ4v) is 1.56. The molecule has 0 aliphatic heterocycles. The third-order valence-corrected chi connectivity index (χ3v) is 2.72. The lowest BCUT2D eigenvalue weighted by atomic mass is 10.1. The number of phenols is 1. The van der Waals surface area contributed by atoms with Crippen molar-refractivity contribution in [3.05, 3.63) is 39.9 Å². The molecule has 1 rings (SSSR count). The van der Waals surface area contributed by atoms with E-state index in [0.717, 1.165) is 0 Å². The standard InChI is InChI=1S/C10H10Cl2O/c1-3-4-7-5-8(11)6(2)9(12)10(7)13/h3,5,13H,1,4H2,2H3. The molecule has 0 aliphatic rings. The summed E-state index contributed by atoms with van der Waals surface area (Å²) in [6.45, 7) is 5.35. The van der Waals surface area contributed by atoms with Gasteiger partial charge in [0.25, 0.3) is 0 Å². The summed E-state index contributed by atoms with van der Waals surface area (Å²) in [5, 5.41) is 10.5. The highest BCUT2D eigenvalue weighted by Crippen LogP contribution is 2.35. The number of hydrogen-bond donors (Lipinski definition) is 1. The monoisotopic (exact) mass is 216 g/mol. The van der Waals surface area contributed by atoms with Gasteiger partial charge >= 0.3 is 0 Å². The molecule has 0 heterocycles. The smallest absolute Gasteiger partial charge is 0.138 e. The highest BCUT2D eigenvalue weighted by atomic mass is 35.5. The largest absolute Gasteiger partial charge is 0.506 e. The van der Waals surface area contributed by atoms with E-state index in [9.17, 15) is 5.11 Å². The van der Waals surface area contributed by atoms with Gasteiger partial charge in [0.05, 0.1) is 5.02 Å². The van der Waals surface area contributed by atoms with E-state index in [2.05, 4.69) is 6.58 Å². The quantitative estimate of drug-likeness (QED) is 0.748. The number of benzene rings is 1. The second-order valence-electron chi connectivity index (χ2n) is 2.80. The molecular formula is C10H10Cl2O. The zero-order chi connectivity index (χ0) is 10.0. The molecule has 1 N–H and O–H groups in total. The highest BCUT2D eigenvalue weighted by Gasteiger charge is 2.10. The summed E-state index contributed by atoms with van der Waals surface area (Å²) in [6.07, 6.45) is 2.25. The maximum atomic E-state index is 9.60. The Hall–Kier alpha value is -0.660. The van der Waals surface area contributed by atoms with Crippen LogP contribution in [0.15, 0.2) is 18.7 Å². The van der Waals surface area contributed by atoms with Crippen LogP contribution in [0.2, 0.25) is 10.0 Å². The summed E-state index contributed by atoms with van der Waals surface area (Å²) < 4.78 is 0. The zero-order valence-corrected chi connectivity index (χ0v) is 8.78. The van der Waals surface area contributed by atoms with Gasteiger partial charge in [0.1, 0.15) is 5.75 Å². The summed E-state index contributed by atoms with van der Waals surface area (Å²) in [6, 6.07) is 1.71. The van der Waals surface area contributed by atoms with Crippen LogP contribution < -0.4 is 0 Å². The first-order valence-corrected chi connectivity index (χ1v) is 4.60. The third-order valence-electron chi connectivity index (χ3n) is 1.86. The highest BCUT2D eigenvalue weighted by molar-refractivity contribution is 6.37. The Morgan fingerprint density at radius 2 is 2.15 bits per heavy atom. The van der Waals surface area contributed by atoms with Crippen LogP contribution >= 0.6 is 23.2 Å². The summed E-state index contributed by atoms with van der Waals surface area (Å²) >= 11 is 11.8. The Morgan fingerprint density at radius 1 is 1.54 bits per heavy atom. The number of allylic oxidation sites excluding steroid dienone is 1. The molecular weight excluding hydrogens is 207 g/mol. The zero-order valence-electron chi connectivity index (χ0n) is 7.27. The van der Waals surface area contributed by atoms with Gasteiger partial charge in [-0.2, -0.15) is 0 Å². The number of rotatable bonds is 2. The van der Waals surface area contributed by atoms with Crippen molar-refractivity contribution >= 4 is 23.2 Å². The van der Waals surface area contributed by atoms with Crippen LogP contribution in [0.25, 0.3) is 0 Å².